The Balaban J connectivity index is 2.16. The molecule has 4 heteroatoms. The molecule has 0 amide bonds. The molecular weight excluding hydrogens is 335 g/mol. The molecule has 1 aromatic heterocycles. The molecule has 0 radical (unpaired) electrons. The number of hydrogen-bond acceptors (Lipinski definition) is 0. The van der Waals surface area contributed by atoms with Crippen molar-refractivity contribution in [2.45, 2.75) is 65.1 Å². The van der Waals surface area contributed by atoms with Crippen LogP contribution in [0.3, 0.4) is 0 Å². The number of unbranched alkanes of at least 4 members (excludes halogenated alkanes) is 2. The summed E-state index contributed by atoms with van der Waals surface area (Å²) in [5.74, 6) is 0. The maximum atomic E-state index is 13.1. The molecule has 3 aromatic rings. The Morgan fingerprint density at radius 3 is 1.62 bits per heavy atom. The lowest BCUT2D eigenvalue weighted by atomic mass is 10.0. The van der Waals surface area contributed by atoms with Gasteiger partial charge in [0, 0.05) is 21.8 Å². The summed E-state index contributed by atoms with van der Waals surface area (Å²) in [5.41, 5.74) is 3.74. The van der Waals surface area contributed by atoms with Crippen LogP contribution in [0.1, 0.15) is 50.7 Å². The van der Waals surface area contributed by atoms with E-state index in [1.165, 1.54) is 15.7 Å². The second kappa shape index (κ2) is 7.73. The van der Waals surface area contributed by atoms with Crippen molar-refractivity contribution in [1.29, 1.82) is 0 Å². The van der Waals surface area contributed by atoms with E-state index in [-0.39, 0.29) is 0 Å². The number of alkyl halides is 3. The van der Waals surface area contributed by atoms with Crippen LogP contribution < -0.4 is 0 Å². The van der Waals surface area contributed by atoms with Gasteiger partial charge in [-0.1, -0.05) is 38.8 Å². The van der Waals surface area contributed by atoms with E-state index in [0.717, 1.165) is 49.3 Å². The van der Waals surface area contributed by atoms with Gasteiger partial charge in [0.05, 0.1) is 0 Å². The topological polar surface area (TPSA) is 4.93 Å². The number of hydrogen-bond donors (Lipinski definition) is 0. The fraction of sp³-hybridized carbons (Fsp3) is 0.455. The molecule has 0 aliphatic rings. The molecule has 0 fully saturated rings. The van der Waals surface area contributed by atoms with Crippen LogP contribution in [-0.4, -0.2) is 10.7 Å². The van der Waals surface area contributed by atoms with E-state index in [1.54, 1.807) is 0 Å². The van der Waals surface area contributed by atoms with E-state index in [9.17, 15) is 13.2 Å². The van der Waals surface area contributed by atoms with Crippen LogP contribution in [0.5, 0.6) is 0 Å². The molecule has 3 rings (SSSR count). The molecular formula is C22H26F3N. The van der Waals surface area contributed by atoms with E-state index in [1.807, 2.05) is 24.3 Å². The second-order valence-corrected chi connectivity index (χ2v) is 7.11. The van der Waals surface area contributed by atoms with Gasteiger partial charge in [0.25, 0.3) is 0 Å². The van der Waals surface area contributed by atoms with Gasteiger partial charge in [-0.05, 0) is 61.1 Å². The van der Waals surface area contributed by atoms with Gasteiger partial charge in [-0.15, -0.1) is 0 Å². The highest BCUT2D eigenvalue weighted by Crippen LogP contribution is 2.33. The molecule has 1 nitrogen and oxygen atoms in total. The highest BCUT2D eigenvalue weighted by Gasteiger charge is 2.29. The lowest BCUT2D eigenvalue weighted by Crippen LogP contribution is -2.17. The summed E-state index contributed by atoms with van der Waals surface area (Å²) >= 11 is 0. The van der Waals surface area contributed by atoms with Crippen molar-refractivity contribution in [1.82, 2.24) is 4.57 Å². The largest absolute Gasteiger partial charge is 0.406 e. The van der Waals surface area contributed by atoms with Crippen LogP contribution in [0.15, 0.2) is 36.4 Å². The number of benzene rings is 2. The third-order valence-electron chi connectivity index (χ3n) is 4.97. The van der Waals surface area contributed by atoms with Crippen molar-refractivity contribution < 1.29 is 13.2 Å². The molecule has 140 valence electrons. The van der Waals surface area contributed by atoms with Gasteiger partial charge in [0.1, 0.15) is 6.54 Å². The molecule has 0 saturated heterocycles. The van der Waals surface area contributed by atoms with E-state index >= 15 is 0 Å². The van der Waals surface area contributed by atoms with Gasteiger partial charge >= 0.3 is 6.18 Å². The quantitative estimate of drug-likeness (QED) is 0.425. The van der Waals surface area contributed by atoms with Crippen molar-refractivity contribution in [3.63, 3.8) is 0 Å². The van der Waals surface area contributed by atoms with E-state index in [0.29, 0.717) is 11.0 Å². The molecule has 0 aliphatic heterocycles. The Bertz CT molecular complexity index is 824. The zero-order valence-corrected chi connectivity index (χ0v) is 15.5. The SMILES string of the molecule is CCCCc1ccc2c(c1)c1cc(CCCC)ccc1n2CC(F)(F)F. The van der Waals surface area contributed by atoms with Gasteiger partial charge < -0.3 is 4.57 Å². The molecule has 0 atom stereocenters. The van der Waals surface area contributed by atoms with Crippen molar-refractivity contribution in [2.24, 2.45) is 0 Å². The third kappa shape index (κ3) is 4.05. The summed E-state index contributed by atoms with van der Waals surface area (Å²) in [6, 6.07) is 11.8. The normalized spacial score (nSPS) is 12.3. The molecule has 0 saturated carbocycles. The molecule has 0 unspecified atom stereocenters. The molecule has 0 spiro atoms. The van der Waals surface area contributed by atoms with Crippen LogP contribution in [-0.2, 0) is 19.4 Å². The predicted octanol–water partition coefficient (Wildman–Crippen LogP) is 7.04. The van der Waals surface area contributed by atoms with Crippen LogP contribution in [0.25, 0.3) is 21.8 Å². The Labute approximate surface area is 152 Å². The zero-order chi connectivity index (χ0) is 18.7. The van der Waals surface area contributed by atoms with Gasteiger partial charge in [0.15, 0.2) is 0 Å². The van der Waals surface area contributed by atoms with Crippen molar-refractivity contribution in [3.05, 3.63) is 47.5 Å². The van der Waals surface area contributed by atoms with Crippen molar-refractivity contribution >= 4 is 21.8 Å². The molecule has 0 bridgehead atoms. The first-order valence-corrected chi connectivity index (χ1v) is 9.53. The summed E-state index contributed by atoms with van der Waals surface area (Å²) in [7, 11) is 0. The summed E-state index contributed by atoms with van der Waals surface area (Å²) in [5, 5.41) is 1.88. The number of fused-ring (bicyclic) bond motifs is 3. The highest BCUT2D eigenvalue weighted by molar-refractivity contribution is 6.08. The number of aromatic nitrogens is 1. The summed E-state index contributed by atoms with van der Waals surface area (Å²) < 4.78 is 40.9. The Morgan fingerprint density at radius 2 is 1.23 bits per heavy atom. The smallest absolute Gasteiger partial charge is 0.331 e. The van der Waals surface area contributed by atoms with Crippen LogP contribution in [0.2, 0.25) is 0 Å². The summed E-state index contributed by atoms with van der Waals surface area (Å²) in [4.78, 5) is 0. The number of nitrogens with zero attached hydrogens (tertiary/aromatic N) is 1. The minimum absolute atomic E-state index is 0.671. The number of rotatable bonds is 7. The first kappa shape index (κ1) is 18.8. The minimum Gasteiger partial charge on any atom is -0.331 e. The van der Waals surface area contributed by atoms with Gasteiger partial charge in [-0.25, -0.2) is 0 Å². The number of aryl methyl sites for hydroxylation is 2. The van der Waals surface area contributed by atoms with Gasteiger partial charge in [-0.2, -0.15) is 13.2 Å². The van der Waals surface area contributed by atoms with Crippen molar-refractivity contribution in [3.8, 4) is 0 Å². The first-order chi connectivity index (χ1) is 12.4. The van der Waals surface area contributed by atoms with Gasteiger partial charge in [-0.3, -0.25) is 0 Å². The zero-order valence-electron chi connectivity index (χ0n) is 15.5. The third-order valence-corrected chi connectivity index (χ3v) is 4.97. The molecule has 1 heterocycles. The monoisotopic (exact) mass is 361 g/mol. The molecule has 0 N–H and O–H groups in total. The Morgan fingerprint density at radius 1 is 0.769 bits per heavy atom. The average molecular weight is 361 g/mol. The van der Waals surface area contributed by atoms with Crippen LogP contribution >= 0.6 is 0 Å². The second-order valence-electron chi connectivity index (χ2n) is 7.11. The predicted molar refractivity (Wildman–Crippen MR) is 103 cm³/mol. The van der Waals surface area contributed by atoms with Crippen molar-refractivity contribution in [2.75, 3.05) is 0 Å². The maximum Gasteiger partial charge on any atom is 0.406 e. The molecule has 2 aromatic carbocycles. The van der Waals surface area contributed by atoms with Crippen LogP contribution in [0, 0.1) is 0 Å². The summed E-state index contributed by atoms with van der Waals surface area (Å²) in [6.45, 7) is 3.34. The summed E-state index contributed by atoms with van der Waals surface area (Å²) in [6.07, 6.45) is 2.09. The molecule has 0 aliphatic carbocycles. The highest BCUT2D eigenvalue weighted by atomic mass is 19.4. The van der Waals surface area contributed by atoms with E-state index in [2.05, 4.69) is 26.0 Å². The lowest BCUT2D eigenvalue weighted by Gasteiger charge is -2.11. The van der Waals surface area contributed by atoms with E-state index in [4.69, 9.17) is 0 Å². The van der Waals surface area contributed by atoms with Gasteiger partial charge in [0.2, 0.25) is 0 Å². The first-order valence-electron chi connectivity index (χ1n) is 9.53. The van der Waals surface area contributed by atoms with Crippen LogP contribution in [0.4, 0.5) is 13.2 Å². The van der Waals surface area contributed by atoms with E-state index < -0.39 is 12.7 Å². The Kier molecular flexibility index (Phi) is 5.59. The average Bonchev–Trinajstić information content (AvgIpc) is 2.89. The number of halogens is 3. The lowest BCUT2D eigenvalue weighted by molar-refractivity contribution is -0.139. The Hall–Kier alpha value is -1.97. The standard InChI is InChI=1S/C22H26F3N/c1-3-5-7-16-9-11-20-18(13-16)19-14-17(8-6-4-2)10-12-21(19)26(20)15-22(23,24)25/h9-14H,3-8,15H2,1-2H3. The molecule has 26 heavy (non-hydrogen) atoms. The fourth-order valence-electron chi connectivity index (χ4n) is 3.62. The minimum atomic E-state index is -4.24. The fourth-order valence-corrected chi connectivity index (χ4v) is 3.62. The maximum absolute atomic E-state index is 13.1.